The van der Waals surface area contributed by atoms with E-state index in [-0.39, 0.29) is 46.1 Å². The number of halogens is 2. The van der Waals surface area contributed by atoms with E-state index in [1.807, 2.05) is 0 Å². The van der Waals surface area contributed by atoms with E-state index in [1.54, 1.807) is 103 Å². The second-order valence-corrected chi connectivity index (χ2v) is 18.3. The van der Waals surface area contributed by atoms with Crippen LogP contribution in [0.25, 0.3) is 16.7 Å². The van der Waals surface area contributed by atoms with Crippen molar-refractivity contribution in [1.29, 1.82) is 0 Å². The van der Waals surface area contributed by atoms with E-state index in [2.05, 4.69) is 15.5 Å². The molecule has 0 saturated carbocycles. The molecule has 17 heteroatoms. The quantitative estimate of drug-likeness (QED) is 0.111. The van der Waals surface area contributed by atoms with Crippen molar-refractivity contribution in [2.45, 2.75) is 84.5 Å². The monoisotopic (exact) mass is 804 g/mol. The number of nitrogens with one attached hydrogen (secondary N) is 1. The highest BCUT2D eigenvalue weighted by Gasteiger charge is 2.44. The van der Waals surface area contributed by atoms with Crippen molar-refractivity contribution in [3.05, 3.63) is 70.8 Å². The van der Waals surface area contributed by atoms with Gasteiger partial charge in [0, 0.05) is 34.7 Å². The second-order valence-electron chi connectivity index (χ2n) is 15.6. The number of carbonyl (C=O) groups is 3. The number of anilines is 2. The van der Waals surface area contributed by atoms with Crippen molar-refractivity contribution >= 4 is 73.7 Å². The first-order valence-corrected chi connectivity index (χ1v) is 19.2. The number of sulfonamides is 1. The zero-order chi connectivity index (χ0) is 40.4. The summed E-state index contributed by atoms with van der Waals surface area (Å²) in [7, 11) is -4.51. The maximum absolute atomic E-state index is 14.2. The van der Waals surface area contributed by atoms with E-state index >= 15 is 0 Å². The molecule has 0 aliphatic rings. The molecule has 4 aromatic rings. The number of ether oxygens (including phenoxy) is 2. The number of carbonyl (C=O) groups excluding carboxylic acids is 2. The van der Waals surface area contributed by atoms with Crippen LogP contribution in [0.3, 0.4) is 0 Å². The van der Waals surface area contributed by atoms with Crippen molar-refractivity contribution in [3.63, 3.8) is 0 Å². The predicted molar refractivity (Wildman–Crippen MR) is 208 cm³/mol. The van der Waals surface area contributed by atoms with Crippen LogP contribution in [0.1, 0.15) is 62.3 Å². The summed E-state index contributed by atoms with van der Waals surface area (Å²) in [5, 5.41) is 22.7. The van der Waals surface area contributed by atoms with E-state index in [0.29, 0.717) is 16.7 Å². The Balaban J connectivity index is 1.68. The van der Waals surface area contributed by atoms with Crippen LogP contribution in [0.2, 0.25) is 10.0 Å². The molecular formula is C37H46Cl2N6O8S. The third-order valence-electron chi connectivity index (χ3n) is 7.59. The first kappa shape index (κ1) is 42.3. The highest BCUT2D eigenvalue weighted by Crippen LogP contribution is 2.37. The van der Waals surface area contributed by atoms with Crippen molar-refractivity contribution < 1.29 is 37.4 Å². The third-order valence-corrected chi connectivity index (χ3v) is 9.79. The van der Waals surface area contributed by atoms with Crippen LogP contribution in [0.5, 0.6) is 0 Å². The summed E-state index contributed by atoms with van der Waals surface area (Å²) in [5.41, 5.74) is -1.74. The lowest BCUT2D eigenvalue weighted by Gasteiger charge is -2.37. The molecule has 4 rings (SSSR count). The fraction of sp³-hybridized carbons (Fsp3) is 0.432. The molecule has 0 aliphatic carbocycles. The Kier molecular flexibility index (Phi) is 12.6. The molecule has 54 heavy (non-hydrogen) atoms. The van der Waals surface area contributed by atoms with E-state index in [0.717, 1.165) is 4.31 Å². The smallest absolute Gasteiger partial charge is 0.416 e. The average molecular weight is 806 g/mol. The summed E-state index contributed by atoms with van der Waals surface area (Å²) >= 11 is 12.3. The van der Waals surface area contributed by atoms with E-state index in [4.69, 9.17) is 32.7 Å². The Bertz CT molecular complexity index is 2100. The fourth-order valence-electron chi connectivity index (χ4n) is 5.47. The Hall–Kier alpha value is -4.44. The Morgan fingerprint density at radius 3 is 2.04 bits per heavy atom. The maximum atomic E-state index is 14.2. The summed E-state index contributed by atoms with van der Waals surface area (Å²) in [5.74, 6) is -1.19. The van der Waals surface area contributed by atoms with Crippen molar-refractivity contribution in [1.82, 2.24) is 20.1 Å². The zero-order valence-corrected chi connectivity index (χ0v) is 34.0. The van der Waals surface area contributed by atoms with Gasteiger partial charge < -0.3 is 19.9 Å². The van der Waals surface area contributed by atoms with Gasteiger partial charge in [0.15, 0.2) is 11.6 Å². The van der Waals surface area contributed by atoms with Gasteiger partial charge in [0.25, 0.3) is 10.0 Å². The Labute approximate surface area is 325 Å². The molecular weight excluding hydrogens is 759 g/mol. The molecule has 2 heterocycles. The lowest BCUT2D eigenvalue weighted by molar-refractivity contribution is -0.153. The predicted octanol–water partition coefficient (Wildman–Crippen LogP) is 7.09. The van der Waals surface area contributed by atoms with Crippen LogP contribution in [0.4, 0.5) is 16.3 Å². The van der Waals surface area contributed by atoms with Gasteiger partial charge in [-0.05, 0) is 102 Å². The molecule has 0 radical (unpaired) electrons. The van der Waals surface area contributed by atoms with Crippen molar-refractivity contribution in [2.24, 2.45) is 5.41 Å². The number of hydrogen-bond donors (Lipinski definition) is 2. The molecule has 2 aromatic carbocycles. The first-order valence-electron chi connectivity index (χ1n) is 17.0. The summed E-state index contributed by atoms with van der Waals surface area (Å²) in [6.45, 7) is 15.7. The molecule has 2 aromatic heterocycles. The van der Waals surface area contributed by atoms with Gasteiger partial charge in [-0.3, -0.25) is 18.6 Å². The number of fused-ring (bicyclic) bond motifs is 1. The van der Waals surface area contributed by atoms with Crippen molar-refractivity contribution in [3.8, 4) is 5.82 Å². The summed E-state index contributed by atoms with van der Waals surface area (Å²) in [6.07, 6.45) is 1.05. The number of aliphatic carboxylic acids is 1. The standard InChI is InChI=1S/C37H46Cl2N6O8S/c1-35(2,3)32(33(47)48)45(54(50,51)27-20-24(38)19-25(39)21-27)26-10-11-28-23(18-26)14-16-43(28)29-12-13-30(42-41-29)44(34(49)53-37(7,8)9)17-15-40-22-31(46)52-36(4,5)6/h10-14,16,18-21,32,40H,15,17,22H2,1-9H3,(H,47,48). The molecule has 292 valence electrons. The highest BCUT2D eigenvalue weighted by atomic mass is 35.5. The minimum absolute atomic E-state index is 0.0573. The number of hydrogen-bond acceptors (Lipinski definition) is 10. The molecule has 2 N–H and O–H groups in total. The lowest BCUT2D eigenvalue weighted by atomic mass is 9.86. The minimum Gasteiger partial charge on any atom is -0.480 e. The lowest BCUT2D eigenvalue weighted by Crippen LogP contribution is -2.52. The molecule has 1 unspecified atom stereocenters. The number of rotatable bonds is 12. The molecule has 1 amide bonds. The van der Waals surface area contributed by atoms with Crippen LogP contribution < -0.4 is 14.5 Å². The number of esters is 1. The van der Waals surface area contributed by atoms with Crippen LogP contribution in [-0.4, -0.2) is 83.2 Å². The van der Waals surface area contributed by atoms with E-state index < -0.39 is 50.7 Å². The van der Waals surface area contributed by atoms with Gasteiger partial charge in [0.2, 0.25) is 0 Å². The van der Waals surface area contributed by atoms with Crippen LogP contribution in [0, 0.1) is 5.41 Å². The van der Waals surface area contributed by atoms with Gasteiger partial charge in [-0.25, -0.2) is 18.0 Å². The Morgan fingerprint density at radius 1 is 0.870 bits per heavy atom. The molecule has 0 aliphatic heterocycles. The van der Waals surface area contributed by atoms with Crippen LogP contribution in [-0.2, 0) is 29.1 Å². The number of nitrogens with zero attached hydrogens (tertiary/aromatic N) is 5. The molecule has 0 bridgehead atoms. The SMILES string of the molecule is CC(C)(C)OC(=O)CNCCN(C(=O)OC(C)(C)C)c1ccc(-n2ccc3cc(N(C(C(=O)O)C(C)(C)C)S(=O)(=O)c4cc(Cl)cc(Cl)c4)ccc32)nn1. The van der Waals surface area contributed by atoms with Crippen LogP contribution >= 0.6 is 23.2 Å². The topological polar surface area (TPSA) is 173 Å². The number of amides is 1. The van der Waals surface area contributed by atoms with Gasteiger partial charge in [-0.15, -0.1) is 10.2 Å². The normalized spacial score (nSPS) is 13.0. The van der Waals surface area contributed by atoms with Crippen molar-refractivity contribution in [2.75, 3.05) is 28.8 Å². The van der Waals surface area contributed by atoms with E-state index in [9.17, 15) is 27.9 Å². The fourth-order valence-corrected chi connectivity index (χ4v) is 7.98. The number of carboxylic acids is 1. The molecule has 0 spiro atoms. The molecule has 14 nitrogen and oxygen atoms in total. The largest absolute Gasteiger partial charge is 0.480 e. The van der Waals surface area contributed by atoms with E-state index in [1.165, 1.54) is 29.2 Å². The number of benzene rings is 2. The molecule has 0 fully saturated rings. The number of carboxylic acid groups (broad SMARTS) is 1. The average Bonchev–Trinajstić information content (AvgIpc) is 3.44. The zero-order valence-electron chi connectivity index (χ0n) is 31.7. The Morgan fingerprint density at radius 2 is 1.50 bits per heavy atom. The van der Waals surface area contributed by atoms with Gasteiger partial charge in [-0.1, -0.05) is 44.0 Å². The summed E-state index contributed by atoms with van der Waals surface area (Å²) in [4.78, 5) is 39.1. The maximum Gasteiger partial charge on any atom is 0.416 e. The third kappa shape index (κ3) is 10.6. The summed E-state index contributed by atoms with van der Waals surface area (Å²) in [6, 6.07) is 12.0. The molecule has 1 atom stereocenters. The summed E-state index contributed by atoms with van der Waals surface area (Å²) < 4.78 is 42.0. The molecule has 0 saturated heterocycles. The van der Waals surface area contributed by atoms with Crippen LogP contribution in [0.15, 0.2) is 65.7 Å². The van der Waals surface area contributed by atoms with Gasteiger partial charge >= 0.3 is 18.0 Å². The minimum atomic E-state index is -4.51. The number of aromatic nitrogens is 3. The second kappa shape index (κ2) is 16.1. The van der Waals surface area contributed by atoms with Gasteiger partial charge in [0.05, 0.1) is 22.6 Å². The first-order chi connectivity index (χ1) is 24.9. The van der Waals surface area contributed by atoms with Gasteiger partial charge in [0.1, 0.15) is 17.2 Å². The van der Waals surface area contributed by atoms with Gasteiger partial charge in [-0.2, -0.15) is 0 Å². The highest BCUT2D eigenvalue weighted by molar-refractivity contribution is 7.93.